The number of benzene rings is 1. The first-order valence-electron chi connectivity index (χ1n) is 7.84. The molecule has 1 aliphatic rings. The lowest BCUT2D eigenvalue weighted by Gasteiger charge is -2.32. The molecule has 1 aromatic carbocycles. The lowest BCUT2D eigenvalue weighted by Crippen LogP contribution is -2.47. The third kappa shape index (κ3) is 4.45. The van der Waals surface area contributed by atoms with Crippen LogP contribution in [0.5, 0.6) is 0 Å². The van der Waals surface area contributed by atoms with Crippen LogP contribution in [0.3, 0.4) is 0 Å². The fourth-order valence-electron chi connectivity index (χ4n) is 2.76. The van der Waals surface area contributed by atoms with Crippen LogP contribution in [0.2, 0.25) is 0 Å². The van der Waals surface area contributed by atoms with Crippen molar-refractivity contribution in [3.05, 3.63) is 35.9 Å². The summed E-state index contributed by atoms with van der Waals surface area (Å²) in [5.74, 6) is 0.0459. The van der Waals surface area contributed by atoms with Gasteiger partial charge in [0.2, 0.25) is 5.91 Å². The first-order valence-corrected chi connectivity index (χ1v) is 7.84. The van der Waals surface area contributed by atoms with Crippen molar-refractivity contribution in [1.82, 2.24) is 15.5 Å². The van der Waals surface area contributed by atoms with Crippen LogP contribution in [-0.4, -0.2) is 46.7 Å². The van der Waals surface area contributed by atoms with Crippen LogP contribution >= 0.6 is 0 Å². The minimum Gasteiger partial charge on any atom is -0.394 e. The highest BCUT2D eigenvalue weighted by atomic mass is 16.3. The van der Waals surface area contributed by atoms with E-state index < -0.39 is 6.04 Å². The molecule has 23 heavy (non-hydrogen) atoms. The average Bonchev–Trinajstić information content (AvgIpc) is 2.86. The Hall–Kier alpha value is -2.08. The van der Waals surface area contributed by atoms with E-state index in [1.807, 2.05) is 51.1 Å². The number of amides is 3. The fourth-order valence-corrected chi connectivity index (χ4v) is 2.76. The Morgan fingerprint density at radius 2 is 2.00 bits per heavy atom. The Morgan fingerprint density at radius 3 is 2.52 bits per heavy atom. The molecular formula is C17H25N3O3. The summed E-state index contributed by atoms with van der Waals surface area (Å²) in [6, 6.07) is 8.24. The van der Waals surface area contributed by atoms with Crippen LogP contribution in [0, 0.1) is 0 Å². The van der Waals surface area contributed by atoms with Crippen LogP contribution in [0.25, 0.3) is 0 Å². The molecule has 1 saturated heterocycles. The number of likely N-dealkylation sites (tertiary alicyclic amines) is 1. The SMILES string of the molecule is CC(C)(C)N1C[C@H](NC(=O)N[C@H](CO)c2ccccc2)CC1=O. The van der Waals surface area contributed by atoms with Crippen molar-refractivity contribution in [2.75, 3.05) is 13.2 Å². The summed E-state index contributed by atoms with van der Waals surface area (Å²) >= 11 is 0. The number of carbonyl (C=O) groups excluding carboxylic acids is 2. The number of hydrogen-bond donors (Lipinski definition) is 3. The van der Waals surface area contributed by atoms with E-state index >= 15 is 0 Å². The third-order valence-electron chi connectivity index (χ3n) is 3.96. The number of nitrogens with one attached hydrogen (secondary N) is 2. The third-order valence-corrected chi connectivity index (χ3v) is 3.96. The fraction of sp³-hybridized carbons (Fsp3) is 0.529. The molecule has 3 amide bonds. The van der Waals surface area contributed by atoms with Gasteiger partial charge in [-0.25, -0.2) is 4.79 Å². The summed E-state index contributed by atoms with van der Waals surface area (Å²) in [6.07, 6.45) is 0.305. The van der Waals surface area contributed by atoms with Gasteiger partial charge < -0.3 is 20.6 Å². The smallest absolute Gasteiger partial charge is 0.315 e. The number of hydrogen-bond acceptors (Lipinski definition) is 3. The highest BCUT2D eigenvalue weighted by molar-refractivity contribution is 5.82. The Morgan fingerprint density at radius 1 is 1.35 bits per heavy atom. The topological polar surface area (TPSA) is 81.7 Å². The maximum absolute atomic E-state index is 12.1. The van der Waals surface area contributed by atoms with Crippen molar-refractivity contribution in [2.24, 2.45) is 0 Å². The summed E-state index contributed by atoms with van der Waals surface area (Å²) in [7, 11) is 0. The molecule has 126 valence electrons. The van der Waals surface area contributed by atoms with E-state index in [-0.39, 0.29) is 30.1 Å². The highest BCUT2D eigenvalue weighted by Gasteiger charge is 2.36. The van der Waals surface area contributed by atoms with Crippen molar-refractivity contribution in [3.63, 3.8) is 0 Å². The van der Waals surface area contributed by atoms with E-state index in [1.54, 1.807) is 4.90 Å². The number of aliphatic hydroxyl groups excluding tert-OH is 1. The molecular weight excluding hydrogens is 294 g/mol. The van der Waals surface area contributed by atoms with Crippen molar-refractivity contribution in [3.8, 4) is 0 Å². The van der Waals surface area contributed by atoms with Gasteiger partial charge in [-0.05, 0) is 26.3 Å². The second kappa shape index (κ2) is 7.00. The van der Waals surface area contributed by atoms with Crippen molar-refractivity contribution in [1.29, 1.82) is 0 Å². The predicted molar refractivity (Wildman–Crippen MR) is 87.8 cm³/mol. The average molecular weight is 319 g/mol. The van der Waals surface area contributed by atoms with Gasteiger partial charge >= 0.3 is 6.03 Å². The van der Waals surface area contributed by atoms with Crippen LogP contribution in [0.4, 0.5) is 4.79 Å². The number of rotatable bonds is 4. The predicted octanol–water partition coefficient (Wildman–Crippen LogP) is 1.42. The van der Waals surface area contributed by atoms with E-state index in [0.717, 1.165) is 5.56 Å². The first-order chi connectivity index (χ1) is 10.8. The normalized spacial score (nSPS) is 19.6. The zero-order valence-electron chi connectivity index (χ0n) is 13.9. The molecule has 3 N–H and O–H groups in total. The molecule has 0 bridgehead atoms. The van der Waals surface area contributed by atoms with Gasteiger partial charge in [0.05, 0.1) is 18.7 Å². The molecule has 1 fully saturated rings. The molecule has 6 nitrogen and oxygen atoms in total. The quantitative estimate of drug-likeness (QED) is 0.785. The monoisotopic (exact) mass is 319 g/mol. The van der Waals surface area contributed by atoms with Gasteiger partial charge in [0, 0.05) is 18.5 Å². The maximum atomic E-state index is 12.1. The molecule has 0 saturated carbocycles. The van der Waals surface area contributed by atoms with Gasteiger partial charge in [-0.2, -0.15) is 0 Å². The summed E-state index contributed by atoms with van der Waals surface area (Å²) in [4.78, 5) is 25.9. The second-order valence-corrected chi connectivity index (χ2v) is 6.84. The zero-order valence-corrected chi connectivity index (χ0v) is 13.9. The Balaban J connectivity index is 1.91. The second-order valence-electron chi connectivity index (χ2n) is 6.84. The molecule has 2 atom stereocenters. The summed E-state index contributed by atoms with van der Waals surface area (Å²) in [6.45, 7) is 6.25. The van der Waals surface area contributed by atoms with Crippen molar-refractivity contribution >= 4 is 11.9 Å². The Kier molecular flexibility index (Phi) is 5.26. The molecule has 1 aliphatic heterocycles. The van der Waals surface area contributed by atoms with E-state index in [0.29, 0.717) is 13.0 Å². The van der Waals surface area contributed by atoms with E-state index in [9.17, 15) is 14.7 Å². The molecule has 2 rings (SSSR count). The lowest BCUT2D eigenvalue weighted by molar-refractivity contribution is -0.131. The summed E-state index contributed by atoms with van der Waals surface area (Å²) in [5.41, 5.74) is 0.589. The van der Waals surface area contributed by atoms with Crippen LogP contribution in [0.15, 0.2) is 30.3 Å². The van der Waals surface area contributed by atoms with Gasteiger partial charge in [0.15, 0.2) is 0 Å². The summed E-state index contributed by atoms with van der Waals surface area (Å²) < 4.78 is 0. The first kappa shape index (κ1) is 17.3. The van der Waals surface area contributed by atoms with Crippen LogP contribution in [-0.2, 0) is 4.79 Å². The van der Waals surface area contributed by atoms with Gasteiger partial charge in [-0.3, -0.25) is 4.79 Å². The van der Waals surface area contributed by atoms with Crippen LogP contribution < -0.4 is 10.6 Å². The van der Waals surface area contributed by atoms with Gasteiger partial charge in [0.1, 0.15) is 0 Å². The van der Waals surface area contributed by atoms with Gasteiger partial charge in [0.25, 0.3) is 0 Å². The standard InChI is InChI=1S/C17H25N3O3/c1-17(2,3)20-10-13(9-15(20)22)18-16(23)19-14(11-21)12-7-5-4-6-8-12/h4-8,13-14,21H,9-11H2,1-3H3,(H2,18,19,23)/t13-,14-/m1/s1. The van der Waals surface area contributed by atoms with Gasteiger partial charge in [-0.1, -0.05) is 30.3 Å². The number of aliphatic hydroxyl groups is 1. The Bertz CT molecular complexity index is 554. The number of nitrogens with zero attached hydrogens (tertiary/aromatic N) is 1. The molecule has 1 aromatic rings. The minimum absolute atomic E-state index is 0.0459. The lowest BCUT2D eigenvalue weighted by atomic mass is 10.1. The van der Waals surface area contributed by atoms with Crippen LogP contribution in [0.1, 0.15) is 38.8 Å². The molecule has 1 heterocycles. The molecule has 0 aliphatic carbocycles. The largest absolute Gasteiger partial charge is 0.394 e. The van der Waals surface area contributed by atoms with E-state index in [4.69, 9.17) is 0 Å². The minimum atomic E-state index is -0.466. The van der Waals surface area contributed by atoms with Gasteiger partial charge in [-0.15, -0.1) is 0 Å². The number of urea groups is 1. The molecule has 6 heteroatoms. The molecule has 0 spiro atoms. The molecule has 0 aromatic heterocycles. The summed E-state index contributed by atoms with van der Waals surface area (Å²) in [5, 5.41) is 15.0. The van der Waals surface area contributed by atoms with E-state index in [2.05, 4.69) is 10.6 Å². The van der Waals surface area contributed by atoms with Crippen molar-refractivity contribution in [2.45, 2.75) is 44.8 Å². The molecule has 0 unspecified atom stereocenters. The van der Waals surface area contributed by atoms with Crippen molar-refractivity contribution < 1.29 is 14.7 Å². The molecule has 0 radical (unpaired) electrons. The van der Waals surface area contributed by atoms with E-state index in [1.165, 1.54) is 0 Å². The maximum Gasteiger partial charge on any atom is 0.315 e. The number of carbonyl (C=O) groups is 2. The Labute approximate surface area is 136 Å². The highest BCUT2D eigenvalue weighted by Crippen LogP contribution is 2.22. The zero-order chi connectivity index (χ0) is 17.0.